The molecule has 2 aliphatic rings. The van der Waals surface area contributed by atoms with E-state index in [2.05, 4.69) is 12.7 Å². The van der Waals surface area contributed by atoms with Crippen molar-refractivity contribution < 1.29 is 13.9 Å². The molecule has 1 aromatic carbocycles. The zero-order chi connectivity index (χ0) is 19.2. The number of allylic oxidation sites excluding steroid dienone is 1. The number of benzene rings is 1. The number of halogens is 2. The van der Waals surface area contributed by atoms with Crippen molar-refractivity contribution in [2.75, 3.05) is 6.61 Å². The van der Waals surface area contributed by atoms with E-state index in [4.69, 9.17) is 5.11 Å². The third-order valence-electron chi connectivity index (χ3n) is 7.11. The van der Waals surface area contributed by atoms with Crippen molar-refractivity contribution in [1.29, 1.82) is 0 Å². The lowest BCUT2D eigenvalue weighted by Crippen LogP contribution is -2.25. The van der Waals surface area contributed by atoms with Crippen LogP contribution >= 0.6 is 0 Å². The first kappa shape index (κ1) is 20.5. The molecule has 0 spiro atoms. The van der Waals surface area contributed by atoms with E-state index in [-0.39, 0.29) is 18.6 Å². The van der Waals surface area contributed by atoms with E-state index in [1.165, 1.54) is 63.5 Å². The van der Waals surface area contributed by atoms with Crippen molar-refractivity contribution in [2.45, 2.75) is 70.6 Å². The second-order valence-electron chi connectivity index (χ2n) is 8.74. The Morgan fingerprint density at radius 3 is 1.96 bits per heavy atom. The average Bonchev–Trinajstić information content (AvgIpc) is 2.70. The van der Waals surface area contributed by atoms with Gasteiger partial charge in [0.05, 0.1) is 0 Å². The first-order valence-electron chi connectivity index (χ1n) is 10.8. The predicted molar refractivity (Wildman–Crippen MR) is 107 cm³/mol. The largest absolute Gasteiger partial charge is 0.396 e. The Hall–Kier alpha value is -1.22. The zero-order valence-electron chi connectivity index (χ0n) is 16.4. The maximum Gasteiger partial charge on any atom is 0.129 e. The number of hydrogen-bond acceptors (Lipinski definition) is 1. The Morgan fingerprint density at radius 1 is 0.889 bits per heavy atom. The van der Waals surface area contributed by atoms with E-state index in [1.807, 2.05) is 0 Å². The third-order valence-corrected chi connectivity index (χ3v) is 7.11. The van der Waals surface area contributed by atoms with E-state index < -0.39 is 11.6 Å². The molecule has 0 saturated heterocycles. The van der Waals surface area contributed by atoms with Crippen molar-refractivity contribution in [3.8, 4) is 0 Å². The van der Waals surface area contributed by atoms with Crippen LogP contribution in [0.15, 0.2) is 24.8 Å². The van der Waals surface area contributed by atoms with E-state index in [1.54, 1.807) is 0 Å². The summed E-state index contributed by atoms with van der Waals surface area (Å²) in [5, 5.41) is 8.91. The van der Waals surface area contributed by atoms with Gasteiger partial charge < -0.3 is 5.11 Å². The van der Waals surface area contributed by atoms with Crippen LogP contribution in [0.25, 0.3) is 0 Å². The summed E-state index contributed by atoms with van der Waals surface area (Å²) >= 11 is 0. The molecule has 0 atom stereocenters. The highest BCUT2D eigenvalue weighted by Crippen LogP contribution is 2.42. The van der Waals surface area contributed by atoms with Crippen LogP contribution in [0.4, 0.5) is 8.78 Å². The SMILES string of the molecule is C=CC1CCC(C2CCC(CCc3cc(F)c(CCO)c(F)c3)CC2)CC1. The Morgan fingerprint density at radius 2 is 1.44 bits per heavy atom. The fourth-order valence-corrected chi connectivity index (χ4v) is 5.32. The molecule has 1 N–H and O–H groups in total. The topological polar surface area (TPSA) is 20.2 Å². The van der Waals surface area contributed by atoms with Crippen molar-refractivity contribution in [1.82, 2.24) is 0 Å². The van der Waals surface area contributed by atoms with Crippen LogP contribution in [0.5, 0.6) is 0 Å². The molecule has 150 valence electrons. The molecule has 0 radical (unpaired) electrons. The highest BCUT2D eigenvalue weighted by atomic mass is 19.1. The van der Waals surface area contributed by atoms with E-state index in [0.29, 0.717) is 5.92 Å². The quantitative estimate of drug-likeness (QED) is 0.559. The van der Waals surface area contributed by atoms with Gasteiger partial charge in [-0.25, -0.2) is 8.78 Å². The molecule has 2 fully saturated rings. The molecule has 0 amide bonds. The van der Waals surface area contributed by atoms with E-state index in [9.17, 15) is 8.78 Å². The van der Waals surface area contributed by atoms with Crippen LogP contribution in [-0.2, 0) is 12.8 Å². The normalized spacial score (nSPS) is 28.9. The molecular weight excluding hydrogens is 342 g/mol. The summed E-state index contributed by atoms with van der Waals surface area (Å²) in [7, 11) is 0. The first-order valence-corrected chi connectivity index (χ1v) is 10.8. The predicted octanol–water partition coefficient (Wildman–Crippen LogP) is 6.23. The molecule has 27 heavy (non-hydrogen) atoms. The van der Waals surface area contributed by atoms with Crippen molar-refractivity contribution in [3.63, 3.8) is 0 Å². The van der Waals surface area contributed by atoms with Gasteiger partial charge in [-0.1, -0.05) is 18.9 Å². The van der Waals surface area contributed by atoms with Crippen LogP contribution in [0.3, 0.4) is 0 Å². The minimum Gasteiger partial charge on any atom is -0.396 e. The number of aliphatic hydroxyl groups excluding tert-OH is 1. The number of rotatable bonds is 7. The van der Waals surface area contributed by atoms with Crippen LogP contribution in [0.1, 0.15) is 68.9 Å². The van der Waals surface area contributed by atoms with Crippen molar-refractivity contribution >= 4 is 0 Å². The van der Waals surface area contributed by atoms with Crippen molar-refractivity contribution in [3.05, 3.63) is 47.5 Å². The highest BCUT2D eigenvalue weighted by molar-refractivity contribution is 5.26. The minimum atomic E-state index is -0.516. The summed E-state index contributed by atoms with van der Waals surface area (Å²) in [5.74, 6) is 2.19. The lowest BCUT2D eigenvalue weighted by atomic mass is 9.68. The summed E-state index contributed by atoms with van der Waals surface area (Å²) in [6, 6.07) is 2.91. The second kappa shape index (κ2) is 9.82. The summed E-state index contributed by atoms with van der Waals surface area (Å²) in [5.41, 5.74) is 0.754. The zero-order valence-corrected chi connectivity index (χ0v) is 16.4. The minimum absolute atomic E-state index is 0.00735. The molecule has 0 unspecified atom stereocenters. The van der Waals surface area contributed by atoms with Gasteiger partial charge in [0, 0.05) is 18.6 Å². The molecule has 2 aliphatic carbocycles. The molecule has 1 aromatic rings. The van der Waals surface area contributed by atoms with Crippen LogP contribution in [-0.4, -0.2) is 11.7 Å². The molecule has 0 heterocycles. The van der Waals surface area contributed by atoms with Gasteiger partial charge in [-0.2, -0.15) is 0 Å². The molecule has 2 saturated carbocycles. The van der Waals surface area contributed by atoms with Gasteiger partial charge in [-0.15, -0.1) is 6.58 Å². The molecule has 1 nitrogen and oxygen atoms in total. The van der Waals surface area contributed by atoms with Gasteiger partial charge in [0.1, 0.15) is 11.6 Å². The maximum atomic E-state index is 14.0. The fourth-order valence-electron chi connectivity index (χ4n) is 5.32. The second-order valence-corrected chi connectivity index (χ2v) is 8.74. The highest BCUT2D eigenvalue weighted by Gasteiger charge is 2.30. The molecule has 3 heteroatoms. The Bertz CT molecular complexity index is 588. The Labute approximate surface area is 162 Å². The molecule has 0 aromatic heterocycles. The lowest BCUT2D eigenvalue weighted by molar-refractivity contribution is 0.153. The maximum absolute atomic E-state index is 14.0. The van der Waals surface area contributed by atoms with Gasteiger partial charge in [0.25, 0.3) is 0 Å². The van der Waals surface area contributed by atoms with Gasteiger partial charge in [0.2, 0.25) is 0 Å². The van der Waals surface area contributed by atoms with Gasteiger partial charge in [-0.3, -0.25) is 0 Å². The third kappa shape index (κ3) is 5.40. The van der Waals surface area contributed by atoms with Crippen LogP contribution in [0, 0.1) is 35.3 Å². The van der Waals surface area contributed by atoms with Gasteiger partial charge >= 0.3 is 0 Å². The van der Waals surface area contributed by atoms with Gasteiger partial charge in [-0.05, 0) is 92.7 Å². The summed E-state index contributed by atoms with van der Waals surface area (Å²) in [4.78, 5) is 0. The van der Waals surface area contributed by atoms with Gasteiger partial charge in [0.15, 0.2) is 0 Å². The average molecular weight is 377 g/mol. The summed E-state index contributed by atoms with van der Waals surface area (Å²) < 4.78 is 28.0. The summed E-state index contributed by atoms with van der Waals surface area (Å²) in [6.45, 7) is 3.71. The number of hydrogen-bond donors (Lipinski definition) is 1. The smallest absolute Gasteiger partial charge is 0.129 e. The Balaban J connectivity index is 1.44. The standard InChI is InChI=1S/C24H34F2O/c1-2-17-5-9-20(10-6-17)21-11-7-18(8-12-21)3-4-19-15-23(25)22(13-14-27)24(26)16-19/h2,15-18,20-21,27H,1,3-14H2. The van der Waals surface area contributed by atoms with E-state index in [0.717, 1.165) is 36.2 Å². The van der Waals surface area contributed by atoms with Crippen LogP contribution in [0.2, 0.25) is 0 Å². The van der Waals surface area contributed by atoms with Crippen molar-refractivity contribution in [2.24, 2.45) is 23.7 Å². The first-order chi connectivity index (χ1) is 13.1. The molecule has 0 aliphatic heterocycles. The fraction of sp³-hybridized carbons (Fsp3) is 0.667. The molecule has 3 rings (SSSR count). The molecular formula is C24H34F2O. The monoisotopic (exact) mass is 376 g/mol. The van der Waals surface area contributed by atoms with Crippen LogP contribution < -0.4 is 0 Å². The van der Waals surface area contributed by atoms with E-state index >= 15 is 0 Å². The Kier molecular flexibility index (Phi) is 7.46. The number of aryl methyl sites for hydroxylation is 1. The lowest BCUT2D eigenvalue weighted by Gasteiger charge is -2.37. The molecule has 0 bridgehead atoms. The number of aliphatic hydroxyl groups is 1. The summed E-state index contributed by atoms with van der Waals surface area (Å²) in [6.07, 6.45) is 14.5.